The molecule has 0 fully saturated rings. The number of nitrogens with zero attached hydrogens (tertiary/aromatic N) is 2. The summed E-state index contributed by atoms with van der Waals surface area (Å²) in [6.45, 7) is 5.70. The van der Waals surface area contributed by atoms with E-state index < -0.39 is 0 Å². The van der Waals surface area contributed by atoms with E-state index in [0.29, 0.717) is 17.8 Å². The van der Waals surface area contributed by atoms with E-state index in [1.807, 2.05) is 34.0 Å². The monoisotopic (exact) mass is 242 g/mol. The van der Waals surface area contributed by atoms with Gasteiger partial charge < -0.3 is 9.64 Å². The summed E-state index contributed by atoms with van der Waals surface area (Å²) < 4.78 is 19.1. The molecule has 0 aromatic rings. The van der Waals surface area contributed by atoms with Gasteiger partial charge >= 0.3 is 0 Å². The van der Waals surface area contributed by atoms with E-state index >= 15 is 0 Å². The van der Waals surface area contributed by atoms with Gasteiger partial charge in [0.15, 0.2) is 5.83 Å². The van der Waals surface area contributed by atoms with Crippen molar-refractivity contribution in [3.8, 4) is 0 Å². The third-order valence-corrected chi connectivity index (χ3v) is 2.41. The van der Waals surface area contributed by atoms with Crippen molar-refractivity contribution in [2.45, 2.75) is 33.6 Å². The highest BCUT2D eigenvalue weighted by Gasteiger charge is 2.11. The van der Waals surface area contributed by atoms with Gasteiger partial charge in [-0.25, -0.2) is 4.39 Å². The van der Waals surface area contributed by atoms with Gasteiger partial charge in [0, 0.05) is 14.1 Å². The third kappa shape index (κ3) is 5.02. The first-order valence-electron chi connectivity index (χ1n) is 5.83. The number of hydrogen-bond donors (Lipinski definition) is 0. The van der Waals surface area contributed by atoms with E-state index in [2.05, 4.69) is 4.99 Å². The number of hydrogen-bond acceptors (Lipinski definition) is 2. The van der Waals surface area contributed by atoms with E-state index in [1.54, 1.807) is 11.8 Å². The van der Waals surface area contributed by atoms with Crippen LogP contribution in [-0.4, -0.2) is 31.9 Å². The molecule has 0 spiro atoms. The van der Waals surface area contributed by atoms with Crippen LogP contribution < -0.4 is 0 Å². The summed E-state index contributed by atoms with van der Waals surface area (Å²) in [4.78, 5) is 5.94. The maximum absolute atomic E-state index is 14.1. The smallest absolute Gasteiger partial charge is 0.252 e. The fourth-order valence-electron chi connectivity index (χ4n) is 1.20. The summed E-state index contributed by atoms with van der Waals surface area (Å²) in [7, 11) is 5.14. The standard InChI is InChI=1S/C13H23FN2O/c1-7-9-11(8-2)12(14)13(17-6)15-10(3)16(4)5/h9H,7-8H2,1-6H3/b11-9+,13-12-,15-10+. The molecule has 0 aliphatic carbocycles. The number of amidine groups is 1. The Labute approximate surface area is 104 Å². The minimum atomic E-state index is -0.377. The van der Waals surface area contributed by atoms with Crippen molar-refractivity contribution in [1.29, 1.82) is 0 Å². The minimum absolute atomic E-state index is 0.0396. The van der Waals surface area contributed by atoms with E-state index in [0.717, 1.165) is 6.42 Å². The molecule has 0 aliphatic heterocycles. The SMILES string of the molecule is CC/C=C(CC)/C(F)=C(\N=C(/C)N(C)C)OC. The molecule has 0 saturated heterocycles. The molecule has 0 atom stereocenters. The lowest BCUT2D eigenvalue weighted by molar-refractivity contribution is 0.272. The number of methoxy groups -OCH3 is 1. The zero-order chi connectivity index (χ0) is 13.4. The van der Waals surface area contributed by atoms with Crippen LogP contribution in [0.15, 0.2) is 28.4 Å². The summed E-state index contributed by atoms with van der Waals surface area (Å²) in [5.74, 6) is 0.361. The fourth-order valence-corrected chi connectivity index (χ4v) is 1.20. The lowest BCUT2D eigenvalue weighted by atomic mass is 10.1. The molecule has 0 amide bonds. The van der Waals surface area contributed by atoms with Crippen LogP contribution >= 0.6 is 0 Å². The summed E-state index contributed by atoms with van der Waals surface area (Å²) in [6, 6.07) is 0. The molecule has 0 rings (SSSR count). The predicted molar refractivity (Wildman–Crippen MR) is 70.6 cm³/mol. The number of halogens is 1. The number of aliphatic imine (C=N–C) groups is 1. The van der Waals surface area contributed by atoms with Gasteiger partial charge in [-0.05, 0) is 25.3 Å². The molecule has 17 heavy (non-hydrogen) atoms. The van der Waals surface area contributed by atoms with Crippen molar-refractivity contribution in [1.82, 2.24) is 4.90 Å². The number of allylic oxidation sites excluding steroid dienone is 3. The van der Waals surface area contributed by atoms with Gasteiger partial charge in [-0.1, -0.05) is 19.9 Å². The van der Waals surface area contributed by atoms with Crippen molar-refractivity contribution in [2.24, 2.45) is 4.99 Å². The first kappa shape index (κ1) is 15.7. The molecule has 0 aromatic carbocycles. The minimum Gasteiger partial charge on any atom is -0.479 e. The van der Waals surface area contributed by atoms with Crippen molar-refractivity contribution in [3.05, 3.63) is 23.4 Å². The average molecular weight is 242 g/mol. The first-order valence-corrected chi connectivity index (χ1v) is 5.83. The summed E-state index contributed by atoms with van der Waals surface area (Å²) in [5, 5.41) is 0. The predicted octanol–water partition coefficient (Wildman–Crippen LogP) is 3.50. The lowest BCUT2D eigenvalue weighted by Gasteiger charge is -2.12. The molecule has 0 saturated carbocycles. The fraction of sp³-hybridized carbons (Fsp3) is 0.615. The normalized spacial score (nSPS) is 14.5. The molecule has 0 heterocycles. The van der Waals surface area contributed by atoms with Gasteiger partial charge in [0.2, 0.25) is 0 Å². The third-order valence-electron chi connectivity index (χ3n) is 2.41. The van der Waals surface area contributed by atoms with E-state index in [-0.39, 0.29) is 11.7 Å². The molecular formula is C13H23FN2O. The molecule has 0 N–H and O–H groups in total. The molecule has 0 radical (unpaired) electrons. The number of ether oxygens (including phenoxy) is 1. The lowest BCUT2D eigenvalue weighted by Crippen LogP contribution is -2.18. The molecule has 0 unspecified atom stereocenters. The Kier molecular flexibility index (Phi) is 7.26. The van der Waals surface area contributed by atoms with Crippen LogP contribution in [0.25, 0.3) is 0 Å². The highest BCUT2D eigenvalue weighted by molar-refractivity contribution is 5.80. The second kappa shape index (κ2) is 7.87. The second-order valence-electron chi connectivity index (χ2n) is 3.87. The van der Waals surface area contributed by atoms with Crippen LogP contribution in [0.1, 0.15) is 33.6 Å². The molecule has 3 nitrogen and oxygen atoms in total. The summed E-state index contributed by atoms with van der Waals surface area (Å²) >= 11 is 0. The Hall–Kier alpha value is -1.32. The quantitative estimate of drug-likeness (QED) is 0.319. The van der Waals surface area contributed by atoms with Crippen molar-refractivity contribution < 1.29 is 9.13 Å². The molecule has 4 heteroatoms. The Morgan fingerprint density at radius 3 is 2.29 bits per heavy atom. The van der Waals surface area contributed by atoms with Gasteiger partial charge in [0.25, 0.3) is 5.88 Å². The number of rotatable bonds is 5. The maximum Gasteiger partial charge on any atom is 0.252 e. The zero-order valence-electron chi connectivity index (χ0n) is 11.7. The van der Waals surface area contributed by atoms with Crippen molar-refractivity contribution in [3.63, 3.8) is 0 Å². The first-order chi connectivity index (χ1) is 7.97. The maximum atomic E-state index is 14.1. The van der Waals surface area contributed by atoms with Crippen LogP contribution in [0, 0.1) is 0 Å². The van der Waals surface area contributed by atoms with Crippen LogP contribution in [0.5, 0.6) is 0 Å². The molecule has 0 bridgehead atoms. The van der Waals surface area contributed by atoms with Crippen LogP contribution in [0.2, 0.25) is 0 Å². The van der Waals surface area contributed by atoms with Crippen molar-refractivity contribution in [2.75, 3.05) is 21.2 Å². The highest BCUT2D eigenvalue weighted by atomic mass is 19.1. The van der Waals surface area contributed by atoms with Crippen molar-refractivity contribution >= 4 is 5.84 Å². The summed E-state index contributed by atoms with van der Waals surface area (Å²) in [5.41, 5.74) is 0.639. The van der Waals surface area contributed by atoms with Crippen LogP contribution in [-0.2, 0) is 4.74 Å². The molecular weight excluding hydrogens is 219 g/mol. The topological polar surface area (TPSA) is 24.8 Å². The van der Waals surface area contributed by atoms with Gasteiger partial charge in [-0.2, -0.15) is 4.99 Å². The Morgan fingerprint density at radius 1 is 1.35 bits per heavy atom. The summed E-state index contributed by atoms with van der Waals surface area (Å²) in [6.07, 6.45) is 3.28. The molecule has 98 valence electrons. The second-order valence-corrected chi connectivity index (χ2v) is 3.87. The van der Waals surface area contributed by atoms with Crippen LogP contribution in [0.3, 0.4) is 0 Å². The van der Waals surface area contributed by atoms with Gasteiger partial charge in [-0.3, -0.25) is 0 Å². The van der Waals surface area contributed by atoms with Gasteiger partial charge in [0.1, 0.15) is 5.84 Å². The van der Waals surface area contributed by atoms with E-state index in [4.69, 9.17) is 4.74 Å². The highest BCUT2D eigenvalue weighted by Crippen LogP contribution is 2.21. The Morgan fingerprint density at radius 2 is 1.94 bits per heavy atom. The van der Waals surface area contributed by atoms with Gasteiger partial charge in [-0.15, -0.1) is 0 Å². The molecule has 0 aliphatic rings. The van der Waals surface area contributed by atoms with Gasteiger partial charge in [0.05, 0.1) is 7.11 Å². The Balaban J connectivity index is 5.32. The van der Waals surface area contributed by atoms with Crippen LogP contribution in [0.4, 0.5) is 4.39 Å². The largest absolute Gasteiger partial charge is 0.479 e. The van der Waals surface area contributed by atoms with E-state index in [9.17, 15) is 4.39 Å². The molecule has 0 aromatic heterocycles. The Bertz CT molecular complexity index is 330. The average Bonchev–Trinajstić information content (AvgIpc) is 2.31. The zero-order valence-corrected chi connectivity index (χ0v) is 11.7. The van der Waals surface area contributed by atoms with E-state index in [1.165, 1.54) is 7.11 Å².